The molecule has 3 heterocycles. The van der Waals surface area contributed by atoms with Crippen molar-refractivity contribution in [2.45, 2.75) is 31.2 Å². The van der Waals surface area contributed by atoms with E-state index in [9.17, 15) is 8.42 Å². The number of ether oxygens (including phenoxy) is 2. The molecule has 0 radical (unpaired) electrons. The maximum absolute atomic E-state index is 13.1. The van der Waals surface area contributed by atoms with Gasteiger partial charge in [-0.2, -0.15) is 0 Å². The van der Waals surface area contributed by atoms with Gasteiger partial charge in [-0.25, -0.2) is 23.1 Å². The molecule has 218 valence electrons. The zero-order valence-corrected chi connectivity index (χ0v) is 24.2. The summed E-state index contributed by atoms with van der Waals surface area (Å²) in [5, 5.41) is 6.89. The molecular weight excluding hydrogens is 548 g/mol. The molecule has 5 rings (SSSR count). The molecule has 0 spiro atoms. The van der Waals surface area contributed by atoms with Gasteiger partial charge in [0.25, 0.3) is 6.47 Å². The van der Waals surface area contributed by atoms with Crippen LogP contribution in [0.3, 0.4) is 0 Å². The lowest BCUT2D eigenvalue weighted by molar-refractivity contribution is -0.122. The molecule has 0 atom stereocenters. The fraction of sp³-hybridized carbons (Fsp3) is 0.321. The Morgan fingerprint density at radius 2 is 1.68 bits per heavy atom. The van der Waals surface area contributed by atoms with Gasteiger partial charge in [0.1, 0.15) is 4.90 Å². The molecule has 1 fully saturated rings. The Bertz CT molecular complexity index is 1620. The van der Waals surface area contributed by atoms with Crippen molar-refractivity contribution < 1.29 is 27.8 Å². The van der Waals surface area contributed by atoms with Crippen molar-refractivity contribution in [3.63, 3.8) is 0 Å². The summed E-state index contributed by atoms with van der Waals surface area (Å²) < 4.78 is 41.6. The van der Waals surface area contributed by atoms with Gasteiger partial charge in [0.05, 0.1) is 31.4 Å². The molecule has 41 heavy (non-hydrogen) atoms. The first kappa shape index (κ1) is 29.8. The summed E-state index contributed by atoms with van der Waals surface area (Å²) in [5.74, 6) is 0.392. The lowest BCUT2D eigenvalue weighted by Gasteiger charge is -2.29. The Morgan fingerprint density at radius 3 is 2.29 bits per heavy atom. The van der Waals surface area contributed by atoms with Crippen molar-refractivity contribution in [3.8, 4) is 22.7 Å². The van der Waals surface area contributed by atoms with E-state index in [1.54, 1.807) is 33.0 Å². The van der Waals surface area contributed by atoms with Crippen LogP contribution in [0, 0.1) is 0 Å². The van der Waals surface area contributed by atoms with Crippen molar-refractivity contribution in [2.75, 3.05) is 44.0 Å². The van der Waals surface area contributed by atoms with Crippen LogP contribution < -0.4 is 20.1 Å². The molecule has 0 unspecified atom stereocenters. The third kappa shape index (κ3) is 6.76. The zero-order chi connectivity index (χ0) is 29.8. The Kier molecular flexibility index (Phi) is 8.80. The molecule has 4 aromatic rings. The third-order valence-electron chi connectivity index (χ3n) is 6.24. The number of hydrogen-bond donors (Lipinski definition) is 3. The number of hydrogen-bond acceptors (Lipinski definition) is 9. The molecule has 0 amide bonds. The van der Waals surface area contributed by atoms with Gasteiger partial charge in [-0.05, 0) is 68.8 Å². The summed E-state index contributed by atoms with van der Waals surface area (Å²) >= 11 is 0. The fourth-order valence-corrected chi connectivity index (χ4v) is 6.14. The number of rotatable bonds is 6. The molecule has 4 N–H and O–H groups in total. The van der Waals surface area contributed by atoms with Crippen LogP contribution in [0.5, 0.6) is 5.88 Å². The molecule has 2 aromatic heterocycles. The van der Waals surface area contributed by atoms with Crippen molar-refractivity contribution in [1.29, 1.82) is 0 Å². The van der Waals surface area contributed by atoms with Crippen LogP contribution in [0.25, 0.3) is 27.8 Å². The standard InChI is InChI=1S/C27H32N6O4S.CH2O2/c1-27(2,3)31-38(34,35)24-16-19(17-29-25(24)36-4)18-5-10-22-23(15-18)33(26(28)30-22)21-8-6-20(7-9-21)32-11-13-37-14-12-32;2-1-3/h5-10,15-17,31H,11-14H2,1-4H3,(H2,28,30);1H,(H,2,3). The SMILES string of the molecule is COc1ncc(-c2ccc3nc(N)n(-c4ccc(N5CCOCC5)cc4)c3c2)cc1S(=O)(=O)NC(C)(C)C.O=CO. The number of sulfonamides is 1. The molecule has 0 bridgehead atoms. The highest BCUT2D eigenvalue weighted by Crippen LogP contribution is 2.32. The molecule has 0 saturated carbocycles. The quantitative estimate of drug-likeness (QED) is 0.288. The van der Waals surface area contributed by atoms with Crippen LogP contribution in [-0.4, -0.2) is 73.5 Å². The second kappa shape index (κ2) is 12.1. The molecule has 2 aromatic carbocycles. The molecule has 1 saturated heterocycles. The number of nitrogen functional groups attached to an aromatic ring is 1. The summed E-state index contributed by atoms with van der Waals surface area (Å²) in [4.78, 5) is 19.4. The molecule has 12 nitrogen and oxygen atoms in total. The fourth-order valence-electron chi connectivity index (χ4n) is 4.57. The van der Waals surface area contributed by atoms with Crippen molar-refractivity contribution in [1.82, 2.24) is 19.3 Å². The van der Waals surface area contributed by atoms with Gasteiger partial charge in [0.2, 0.25) is 21.9 Å². The van der Waals surface area contributed by atoms with Gasteiger partial charge in [-0.15, -0.1) is 0 Å². The number of pyridine rings is 1. The smallest absolute Gasteiger partial charge is 0.290 e. The predicted molar refractivity (Wildman–Crippen MR) is 157 cm³/mol. The minimum atomic E-state index is -3.88. The third-order valence-corrected chi connectivity index (χ3v) is 7.99. The predicted octanol–water partition coefficient (Wildman–Crippen LogP) is 3.29. The second-order valence-electron chi connectivity index (χ2n) is 10.3. The first-order chi connectivity index (χ1) is 19.5. The number of carbonyl (C=O) groups is 1. The van der Waals surface area contributed by atoms with E-state index in [0.29, 0.717) is 11.5 Å². The Labute approximate surface area is 238 Å². The molecular formula is C28H34N6O6S. The summed E-state index contributed by atoms with van der Waals surface area (Å²) in [7, 11) is -2.48. The Morgan fingerprint density at radius 1 is 1.05 bits per heavy atom. The molecule has 13 heteroatoms. The van der Waals surface area contributed by atoms with E-state index in [2.05, 4.69) is 31.7 Å². The molecule has 1 aliphatic rings. The highest BCUT2D eigenvalue weighted by atomic mass is 32.2. The van der Waals surface area contributed by atoms with E-state index in [4.69, 9.17) is 25.1 Å². The minimum absolute atomic E-state index is 0.0285. The number of benzene rings is 2. The number of methoxy groups -OCH3 is 1. The number of nitrogens with zero attached hydrogens (tertiary/aromatic N) is 4. The van der Waals surface area contributed by atoms with E-state index in [-0.39, 0.29) is 17.2 Å². The second-order valence-corrected chi connectivity index (χ2v) is 12.0. The minimum Gasteiger partial charge on any atom is -0.483 e. The van der Waals surface area contributed by atoms with Crippen molar-refractivity contribution >= 4 is 39.2 Å². The highest BCUT2D eigenvalue weighted by Gasteiger charge is 2.27. The lowest BCUT2D eigenvalue weighted by atomic mass is 10.1. The van der Waals surface area contributed by atoms with Gasteiger partial charge in [0.15, 0.2) is 0 Å². The number of fused-ring (bicyclic) bond motifs is 1. The maximum Gasteiger partial charge on any atom is 0.290 e. The number of morpholine rings is 1. The monoisotopic (exact) mass is 582 g/mol. The summed E-state index contributed by atoms with van der Waals surface area (Å²) in [6.45, 7) is 8.25. The van der Waals surface area contributed by atoms with Gasteiger partial charge >= 0.3 is 0 Å². The van der Waals surface area contributed by atoms with Gasteiger partial charge in [0, 0.05) is 41.8 Å². The van der Waals surface area contributed by atoms with Gasteiger partial charge in [-0.3, -0.25) is 9.36 Å². The summed E-state index contributed by atoms with van der Waals surface area (Å²) in [6, 6.07) is 15.4. The number of aromatic nitrogens is 3. The van der Waals surface area contributed by atoms with Crippen LogP contribution in [-0.2, 0) is 19.6 Å². The summed E-state index contributed by atoms with van der Waals surface area (Å²) in [5.41, 5.74) is 10.6. The zero-order valence-electron chi connectivity index (χ0n) is 23.4. The number of nitrogens with two attached hydrogens (primary N) is 1. The van der Waals surface area contributed by atoms with Crippen molar-refractivity contribution in [3.05, 3.63) is 54.7 Å². The van der Waals surface area contributed by atoms with Crippen LogP contribution in [0.15, 0.2) is 59.6 Å². The highest BCUT2D eigenvalue weighted by molar-refractivity contribution is 7.89. The first-order valence-corrected chi connectivity index (χ1v) is 14.3. The van der Waals surface area contributed by atoms with E-state index < -0.39 is 15.6 Å². The van der Waals surface area contributed by atoms with Gasteiger partial charge < -0.3 is 25.2 Å². The van der Waals surface area contributed by atoms with Crippen LogP contribution >= 0.6 is 0 Å². The largest absolute Gasteiger partial charge is 0.483 e. The van der Waals surface area contributed by atoms with Crippen molar-refractivity contribution in [2.24, 2.45) is 0 Å². The molecule has 1 aliphatic heterocycles. The lowest BCUT2D eigenvalue weighted by Crippen LogP contribution is -2.40. The number of anilines is 2. The summed E-state index contributed by atoms with van der Waals surface area (Å²) in [6.07, 6.45) is 1.59. The van der Waals surface area contributed by atoms with E-state index in [1.807, 2.05) is 34.9 Å². The Hall–Kier alpha value is -4.20. The van der Waals surface area contributed by atoms with Crippen LogP contribution in [0.1, 0.15) is 20.8 Å². The number of carboxylic acid groups (broad SMARTS) is 1. The van der Waals surface area contributed by atoms with Crippen LogP contribution in [0.4, 0.5) is 11.6 Å². The topological polar surface area (TPSA) is 162 Å². The first-order valence-electron chi connectivity index (χ1n) is 12.8. The van der Waals surface area contributed by atoms with E-state index in [1.165, 1.54) is 7.11 Å². The normalized spacial score (nSPS) is 13.9. The van der Waals surface area contributed by atoms with Gasteiger partial charge in [-0.1, -0.05) is 6.07 Å². The van der Waals surface area contributed by atoms with Crippen LogP contribution in [0.2, 0.25) is 0 Å². The van der Waals surface area contributed by atoms with E-state index in [0.717, 1.165) is 54.3 Å². The number of imidazole rings is 1. The maximum atomic E-state index is 13.1. The Balaban J connectivity index is 0.00000124. The molecule has 0 aliphatic carbocycles. The average molecular weight is 583 g/mol. The number of nitrogens with one attached hydrogen (secondary N) is 1. The van der Waals surface area contributed by atoms with E-state index >= 15 is 0 Å². The average Bonchev–Trinajstić information content (AvgIpc) is 3.27.